The lowest BCUT2D eigenvalue weighted by atomic mass is 9.82. The van der Waals surface area contributed by atoms with Crippen molar-refractivity contribution < 1.29 is 72.2 Å². The van der Waals surface area contributed by atoms with Gasteiger partial charge < -0.3 is 55.5 Å². The second-order valence-electron chi connectivity index (χ2n) is 16.1. The number of aliphatic hydroxyl groups excluding tert-OH is 3. The molecule has 3 aliphatic rings. The molecule has 24 nitrogen and oxygen atoms in total. The van der Waals surface area contributed by atoms with Gasteiger partial charge in [0.25, 0.3) is 17.4 Å². The van der Waals surface area contributed by atoms with Gasteiger partial charge in [-0.05, 0) is 47.5 Å². The first-order chi connectivity index (χ1) is 33.5. The Kier molecular flexibility index (Phi) is 13.9. The van der Waals surface area contributed by atoms with Crippen molar-refractivity contribution in [1.29, 1.82) is 0 Å². The number of anilines is 2. The number of carboxylic acid groups (broad SMARTS) is 1. The molecule has 70 heavy (non-hydrogen) atoms. The molecule has 2 aromatic heterocycles. The molecule has 5 heterocycles. The van der Waals surface area contributed by atoms with Crippen LogP contribution in [0.15, 0.2) is 77.9 Å². The normalized spacial score (nSPS) is 21.7. The van der Waals surface area contributed by atoms with Gasteiger partial charge in [-0.1, -0.05) is 18.2 Å². The minimum atomic E-state index is -2.03. The minimum absolute atomic E-state index is 0.0410. The van der Waals surface area contributed by atoms with Gasteiger partial charge >= 0.3 is 12.1 Å². The molecule has 3 aliphatic heterocycles. The maximum Gasteiger partial charge on any atom is 0.408 e. The number of aromatic nitrogens is 5. The Hall–Kier alpha value is -8.20. The smallest absolute Gasteiger partial charge is 0.408 e. The highest BCUT2D eigenvalue weighted by Crippen LogP contribution is 2.49. The number of hydrogen-bond donors (Lipinski definition) is 8. The largest absolute Gasteiger partial charge is 0.479 e. The van der Waals surface area contributed by atoms with Crippen LogP contribution in [0, 0.1) is 11.6 Å². The topological polar surface area (TPSA) is 330 Å². The van der Waals surface area contributed by atoms with Crippen molar-refractivity contribution in [1.82, 2.24) is 40.5 Å². The Labute approximate surface area is 392 Å². The van der Waals surface area contributed by atoms with E-state index >= 15 is 4.39 Å². The molecule has 0 aliphatic carbocycles. The van der Waals surface area contributed by atoms with Crippen LogP contribution in [-0.4, -0.2) is 136 Å². The van der Waals surface area contributed by atoms with Crippen molar-refractivity contribution in [2.75, 3.05) is 30.0 Å². The fourth-order valence-corrected chi connectivity index (χ4v) is 8.24. The summed E-state index contributed by atoms with van der Waals surface area (Å²) in [5.74, 6) is -6.16. The second kappa shape index (κ2) is 20.2. The van der Waals surface area contributed by atoms with E-state index in [0.717, 1.165) is 23.1 Å². The number of aromatic amines is 1. The molecule has 0 saturated carbocycles. The van der Waals surface area contributed by atoms with Crippen LogP contribution in [0.25, 0.3) is 10.8 Å². The molecule has 5 aromatic rings. The van der Waals surface area contributed by atoms with E-state index in [1.54, 1.807) is 11.9 Å². The molecule has 8 N–H and O–H groups in total. The first kappa shape index (κ1) is 48.3. The summed E-state index contributed by atoms with van der Waals surface area (Å²) in [7, 11) is 1.63. The SMILES string of the molecule is Cn1ncnc1[C@H]1c2n[nH]c(=O)c3cc(F)cc(c23)N(CNC(=O)OCc2ccc(O[C@@H]3O[C@H](C(=O)O)[C@@H](O)[C@H](O)[C@H]3O)c(NC(=O)CCNC(=O)CCN3C(=O)C=CC3=O)c2)[C@@H]1c1ccc(F)cc1. The molecule has 0 unspecified atom stereocenters. The number of halogens is 2. The number of aryl methyl sites for hydroxylation is 1. The molecule has 0 bridgehead atoms. The van der Waals surface area contributed by atoms with E-state index in [9.17, 15) is 58.4 Å². The molecule has 0 spiro atoms. The summed E-state index contributed by atoms with van der Waals surface area (Å²) in [6, 6.07) is 10.7. The fourth-order valence-electron chi connectivity index (χ4n) is 8.24. The monoisotopic (exact) mass is 972 g/mol. The summed E-state index contributed by atoms with van der Waals surface area (Å²) in [6.45, 7) is -1.27. The lowest BCUT2D eigenvalue weighted by molar-refractivity contribution is -0.271. The number of benzene rings is 3. The molecular weight excluding hydrogens is 931 g/mol. The number of H-pyrrole nitrogens is 1. The minimum Gasteiger partial charge on any atom is -0.479 e. The van der Waals surface area contributed by atoms with Gasteiger partial charge in [0.2, 0.25) is 18.1 Å². The third-order valence-corrected chi connectivity index (χ3v) is 11.6. The van der Waals surface area contributed by atoms with Crippen LogP contribution in [0.2, 0.25) is 0 Å². The molecule has 3 aromatic carbocycles. The Balaban J connectivity index is 1.00. The summed E-state index contributed by atoms with van der Waals surface area (Å²) < 4.78 is 47.7. The standard InChI is InChI=1S/C44H42F2N10O14/c1-54-40(48-18-50-54)33-34-32-24(41(64)53-52-34)15-23(46)16-26(32)56(35(33)21-3-5-22(45)6-4-21)19-49-44(67)68-17-20-2-7-27(69-43-38(63)36(61)37(62)39(70-43)42(65)66)25(14-20)51-29(58)10-12-47-28(57)11-13-55-30(59)8-9-31(55)60/h2-9,14-16,18,33,35-39,43,61-63H,10-13,17,19H2,1H3,(H,47,57)(H,49,67)(H,51,58)(H,53,64)(H,65,66)/t33-,35+,36-,37-,38+,39-,43+/m0/s1. The number of imide groups is 1. The summed E-state index contributed by atoms with van der Waals surface area (Å²) >= 11 is 0. The van der Waals surface area contributed by atoms with E-state index in [2.05, 4.69) is 36.2 Å². The van der Waals surface area contributed by atoms with Crippen LogP contribution in [0.4, 0.5) is 25.0 Å². The van der Waals surface area contributed by atoms with E-state index < -0.39 is 109 Å². The summed E-state index contributed by atoms with van der Waals surface area (Å²) in [4.78, 5) is 94.5. The number of carbonyl (C=O) groups excluding carboxylic acids is 5. The fraction of sp³-hybridized carbons (Fsp3) is 0.318. The van der Waals surface area contributed by atoms with E-state index in [4.69, 9.17) is 14.2 Å². The number of alkyl carbamates (subject to hydrolysis) is 1. The molecule has 5 amide bonds. The maximum absolute atomic E-state index is 15.4. The van der Waals surface area contributed by atoms with Crippen molar-refractivity contribution in [2.45, 2.75) is 62.1 Å². The van der Waals surface area contributed by atoms with Crippen LogP contribution >= 0.6 is 0 Å². The number of nitrogens with one attached hydrogen (secondary N) is 4. The average molecular weight is 973 g/mol. The van der Waals surface area contributed by atoms with Crippen molar-refractivity contribution in [3.8, 4) is 5.75 Å². The lowest BCUT2D eigenvalue weighted by Crippen LogP contribution is -2.61. The van der Waals surface area contributed by atoms with Crippen LogP contribution in [0.1, 0.15) is 47.4 Å². The van der Waals surface area contributed by atoms with Gasteiger partial charge in [0.15, 0.2) is 6.10 Å². The summed E-state index contributed by atoms with van der Waals surface area (Å²) in [5, 5.41) is 59.6. The highest BCUT2D eigenvalue weighted by molar-refractivity contribution is 6.13. The van der Waals surface area contributed by atoms with Crippen LogP contribution < -0.4 is 31.1 Å². The number of rotatable bonds is 16. The zero-order valence-corrected chi connectivity index (χ0v) is 36.5. The van der Waals surface area contributed by atoms with Gasteiger partial charge in [0.05, 0.1) is 41.1 Å². The Morgan fingerprint density at radius 3 is 2.33 bits per heavy atom. The molecule has 0 radical (unpaired) electrons. The number of ether oxygens (including phenoxy) is 3. The number of amides is 5. The van der Waals surface area contributed by atoms with Gasteiger partial charge in [0.1, 0.15) is 54.5 Å². The Bertz CT molecular complexity index is 2950. The number of aliphatic hydroxyl groups is 3. The lowest BCUT2D eigenvalue weighted by Gasteiger charge is -2.42. The molecule has 1 saturated heterocycles. The van der Waals surface area contributed by atoms with Crippen molar-refractivity contribution in [3.63, 3.8) is 0 Å². The maximum atomic E-state index is 15.4. The van der Waals surface area contributed by atoms with Gasteiger partial charge in [-0.2, -0.15) is 10.2 Å². The molecule has 1 fully saturated rings. The molecule has 26 heteroatoms. The third kappa shape index (κ3) is 10.00. The van der Waals surface area contributed by atoms with Gasteiger partial charge in [-0.15, -0.1) is 0 Å². The number of carbonyl (C=O) groups is 6. The first-order valence-electron chi connectivity index (χ1n) is 21.3. The van der Waals surface area contributed by atoms with E-state index in [1.807, 2.05) is 0 Å². The average Bonchev–Trinajstić information content (AvgIpc) is 3.90. The number of nitrogens with zero attached hydrogens (tertiary/aromatic N) is 6. The predicted molar refractivity (Wildman–Crippen MR) is 233 cm³/mol. The van der Waals surface area contributed by atoms with E-state index in [-0.39, 0.29) is 59.4 Å². The zero-order valence-electron chi connectivity index (χ0n) is 36.5. The second-order valence-corrected chi connectivity index (χ2v) is 16.1. The highest BCUT2D eigenvalue weighted by atomic mass is 19.1. The molecule has 8 rings (SSSR count). The first-order valence-corrected chi connectivity index (χ1v) is 21.3. The number of carboxylic acids is 1. The third-order valence-electron chi connectivity index (χ3n) is 11.6. The quantitative estimate of drug-likeness (QED) is 0.0601. The highest BCUT2D eigenvalue weighted by Gasteiger charge is 2.48. The molecule has 366 valence electrons. The number of hydrogen-bond acceptors (Lipinski definition) is 17. The van der Waals surface area contributed by atoms with Gasteiger partial charge in [-0.3, -0.25) is 33.6 Å². The Morgan fingerprint density at radius 1 is 0.886 bits per heavy atom. The summed E-state index contributed by atoms with van der Waals surface area (Å²) in [6.07, 6.45) is -8.11. The molecular formula is C44H42F2N10O14. The van der Waals surface area contributed by atoms with Crippen molar-refractivity contribution >= 4 is 57.8 Å². The van der Waals surface area contributed by atoms with Crippen molar-refractivity contribution in [2.24, 2.45) is 7.05 Å². The van der Waals surface area contributed by atoms with E-state index in [1.165, 1.54) is 59.5 Å². The predicted octanol–water partition coefficient (Wildman–Crippen LogP) is -0.0622. The zero-order chi connectivity index (χ0) is 50.0. The van der Waals surface area contributed by atoms with Crippen LogP contribution in [0.5, 0.6) is 5.75 Å². The van der Waals surface area contributed by atoms with Crippen LogP contribution in [-0.2, 0) is 47.1 Å². The van der Waals surface area contributed by atoms with Crippen molar-refractivity contribution in [3.05, 3.63) is 118 Å². The molecule has 7 atom stereocenters. The summed E-state index contributed by atoms with van der Waals surface area (Å²) in [5.41, 5.74) is 0.321. The van der Waals surface area contributed by atoms with E-state index in [0.29, 0.717) is 17.1 Å². The van der Waals surface area contributed by atoms with Crippen LogP contribution in [0.3, 0.4) is 0 Å². The van der Waals surface area contributed by atoms with Gasteiger partial charge in [-0.25, -0.2) is 28.5 Å². The van der Waals surface area contributed by atoms with Gasteiger partial charge in [0, 0.05) is 50.5 Å². The number of aliphatic carboxylic acids is 1. The Morgan fingerprint density at radius 2 is 1.63 bits per heavy atom.